The highest BCUT2D eigenvalue weighted by atomic mass is 15.1. The van der Waals surface area contributed by atoms with E-state index in [0.29, 0.717) is 5.49 Å². The first-order chi connectivity index (χ1) is 12.8. The zero-order chi connectivity index (χ0) is 17.5. The normalized spacial score (nSPS) is 11.2. The fraction of sp³-hybridized carbons (Fsp3) is 0. The van der Waals surface area contributed by atoms with Gasteiger partial charge in [0.1, 0.15) is 11.3 Å². The van der Waals surface area contributed by atoms with Gasteiger partial charge in [0.05, 0.1) is 5.52 Å². The number of hydrogen-bond acceptors (Lipinski definition) is 2. The van der Waals surface area contributed by atoms with Crippen LogP contribution in [0.15, 0.2) is 85.1 Å². The van der Waals surface area contributed by atoms with Crippen molar-refractivity contribution in [3.63, 3.8) is 0 Å². The van der Waals surface area contributed by atoms with Crippen LogP contribution in [-0.4, -0.2) is 14.5 Å². The fourth-order valence-corrected chi connectivity index (χ4v) is 3.37. The summed E-state index contributed by atoms with van der Waals surface area (Å²) < 4.78 is 1.92. The van der Waals surface area contributed by atoms with Crippen LogP contribution in [0.4, 0.5) is 0 Å². The monoisotopic (exact) mass is 336 g/mol. The molecule has 0 saturated heterocycles. The van der Waals surface area contributed by atoms with Crippen molar-refractivity contribution in [2.45, 2.75) is 0 Å². The van der Waals surface area contributed by atoms with Crippen LogP contribution in [0.2, 0.25) is 0 Å². The van der Waals surface area contributed by atoms with E-state index in [1.807, 2.05) is 83.6 Å². The molecule has 5 rings (SSSR count). The first kappa shape index (κ1) is 14.7. The first-order valence-corrected chi connectivity index (χ1v) is 8.50. The molecule has 0 aliphatic heterocycles. The largest absolute Gasteiger partial charge is 0.361 e. The summed E-state index contributed by atoms with van der Waals surface area (Å²) in [6.45, 7) is 0. The van der Waals surface area contributed by atoms with Gasteiger partial charge in [-0.15, -0.1) is 0 Å². The Morgan fingerprint density at radius 3 is 2.54 bits per heavy atom. The van der Waals surface area contributed by atoms with Crippen LogP contribution in [0.25, 0.3) is 38.9 Å². The van der Waals surface area contributed by atoms with Crippen molar-refractivity contribution in [2.75, 3.05) is 0 Å². The minimum Gasteiger partial charge on any atom is -0.361 e. The zero-order valence-corrected chi connectivity index (χ0v) is 14.0. The van der Waals surface area contributed by atoms with Gasteiger partial charge in [-0.1, -0.05) is 42.5 Å². The molecule has 2 heterocycles. The van der Waals surface area contributed by atoms with Crippen molar-refractivity contribution in [1.82, 2.24) is 14.5 Å². The van der Waals surface area contributed by atoms with Gasteiger partial charge < -0.3 is 4.98 Å². The summed E-state index contributed by atoms with van der Waals surface area (Å²) in [5.41, 5.74) is 4.26. The topological polar surface area (TPSA) is 57.5 Å². The van der Waals surface area contributed by atoms with Gasteiger partial charge >= 0.3 is 0 Å². The second-order valence-electron chi connectivity index (χ2n) is 6.25. The summed E-state index contributed by atoms with van der Waals surface area (Å²) in [5.74, 6) is 0.768. The molecule has 2 aromatic heterocycles. The van der Waals surface area contributed by atoms with Crippen LogP contribution in [0, 0.1) is 5.41 Å². The van der Waals surface area contributed by atoms with E-state index in [1.54, 1.807) is 0 Å². The number of H-pyrrole nitrogens is 1. The molecule has 0 fully saturated rings. The van der Waals surface area contributed by atoms with Crippen LogP contribution in [0.3, 0.4) is 0 Å². The number of aromatic nitrogens is 3. The number of nitrogens with one attached hydrogen (secondary N) is 2. The fourth-order valence-electron chi connectivity index (χ4n) is 3.37. The van der Waals surface area contributed by atoms with Crippen LogP contribution in [-0.2, 0) is 0 Å². The standard InChI is InChI=1S/C22H16N4/c23-21-18-8-4-5-9-20(18)25-22(15-6-2-1-3-7-15)26(21)17-10-11-19-16(14-17)12-13-24-19/h1-14,23-24H. The van der Waals surface area contributed by atoms with Crippen LogP contribution >= 0.6 is 0 Å². The van der Waals surface area contributed by atoms with Crippen LogP contribution < -0.4 is 5.49 Å². The number of aromatic amines is 1. The Morgan fingerprint density at radius 2 is 1.65 bits per heavy atom. The molecule has 0 spiro atoms. The lowest BCUT2D eigenvalue weighted by molar-refractivity contribution is 0.923. The highest BCUT2D eigenvalue weighted by molar-refractivity contribution is 5.83. The highest BCUT2D eigenvalue weighted by Crippen LogP contribution is 2.24. The first-order valence-electron chi connectivity index (χ1n) is 8.50. The molecule has 0 atom stereocenters. The molecule has 4 heteroatoms. The average Bonchev–Trinajstić information content (AvgIpc) is 3.16. The molecule has 0 aliphatic carbocycles. The Balaban J connectivity index is 1.90. The van der Waals surface area contributed by atoms with E-state index in [0.717, 1.165) is 38.9 Å². The molecule has 0 aliphatic rings. The van der Waals surface area contributed by atoms with Gasteiger partial charge in [-0.05, 0) is 36.4 Å². The highest BCUT2D eigenvalue weighted by Gasteiger charge is 2.12. The van der Waals surface area contributed by atoms with Crippen molar-refractivity contribution in [1.29, 1.82) is 5.41 Å². The van der Waals surface area contributed by atoms with Gasteiger partial charge in [0.2, 0.25) is 0 Å². The van der Waals surface area contributed by atoms with Crippen molar-refractivity contribution in [2.24, 2.45) is 0 Å². The Hall–Kier alpha value is -3.66. The molecule has 124 valence electrons. The van der Waals surface area contributed by atoms with E-state index in [9.17, 15) is 0 Å². The summed E-state index contributed by atoms with van der Waals surface area (Å²) in [7, 11) is 0. The number of para-hydroxylation sites is 1. The van der Waals surface area contributed by atoms with Gasteiger partial charge in [0.25, 0.3) is 0 Å². The van der Waals surface area contributed by atoms with E-state index in [4.69, 9.17) is 10.4 Å². The number of benzene rings is 3. The Bertz CT molecular complexity index is 1300. The second kappa shape index (κ2) is 5.70. The molecule has 0 amide bonds. The van der Waals surface area contributed by atoms with E-state index < -0.39 is 0 Å². The molecule has 2 N–H and O–H groups in total. The molecule has 3 aromatic carbocycles. The van der Waals surface area contributed by atoms with Crippen molar-refractivity contribution in [3.05, 3.63) is 90.5 Å². The van der Waals surface area contributed by atoms with Crippen LogP contribution in [0.5, 0.6) is 0 Å². The van der Waals surface area contributed by atoms with Gasteiger partial charge in [-0.2, -0.15) is 0 Å². The Labute approximate surface area is 149 Å². The third-order valence-corrected chi connectivity index (χ3v) is 4.65. The third-order valence-electron chi connectivity index (χ3n) is 4.65. The lowest BCUT2D eigenvalue weighted by atomic mass is 10.1. The predicted molar refractivity (Wildman–Crippen MR) is 104 cm³/mol. The van der Waals surface area contributed by atoms with E-state index >= 15 is 0 Å². The second-order valence-corrected chi connectivity index (χ2v) is 6.25. The molecule has 26 heavy (non-hydrogen) atoms. The van der Waals surface area contributed by atoms with Gasteiger partial charge in [-0.25, -0.2) is 4.98 Å². The molecule has 0 unspecified atom stereocenters. The SMILES string of the molecule is N=c1c2ccccc2nc(-c2ccccc2)n1-c1ccc2[nH]ccc2c1. The minimum atomic E-state index is 0.435. The number of rotatable bonds is 2. The average molecular weight is 336 g/mol. The molecule has 4 nitrogen and oxygen atoms in total. The number of nitrogens with zero attached hydrogens (tertiary/aromatic N) is 2. The summed E-state index contributed by atoms with van der Waals surface area (Å²) >= 11 is 0. The molecule has 0 saturated carbocycles. The van der Waals surface area contributed by atoms with Gasteiger partial charge in [-0.3, -0.25) is 9.98 Å². The number of hydrogen-bond donors (Lipinski definition) is 2. The van der Waals surface area contributed by atoms with Gasteiger partial charge in [0, 0.05) is 33.7 Å². The summed E-state index contributed by atoms with van der Waals surface area (Å²) in [6, 6.07) is 26.1. The molecular weight excluding hydrogens is 320 g/mol. The summed E-state index contributed by atoms with van der Waals surface area (Å²) in [4.78, 5) is 8.10. The third kappa shape index (κ3) is 2.24. The Kier molecular flexibility index (Phi) is 3.22. The zero-order valence-electron chi connectivity index (χ0n) is 14.0. The van der Waals surface area contributed by atoms with E-state index in [-0.39, 0.29) is 0 Å². The van der Waals surface area contributed by atoms with Crippen LogP contribution in [0.1, 0.15) is 0 Å². The maximum Gasteiger partial charge on any atom is 0.146 e. The van der Waals surface area contributed by atoms with E-state index in [2.05, 4.69) is 11.1 Å². The summed E-state index contributed by atoms with van der Waals surface area (Å²) in [5, 5.41) is 10.8. The van der Waals surface area contributed by atoms with Crippen molar-refractivity contribution < 1.29 is 0 Å². The predicted octanol–water partition coefficient (Wildman–Crippen LogP) is 4.65. The maximum absolute atomic E-state index is 8.85. The van der Waals surface area contributed by atoms with Gasteiger partial charge in [0.15, 0.2) is 0 Å². The lowest BCUT2D eigenvalue weighted by Gasteiger charge is -2.15. The maximum atomic E-state index is 8.85. The van der Waals surface area contributed by atoms with Crippen molar-refractivity contribution >= 4 is 21.8 Å². The smallest absolute Gasteiger partial charge is 0.146 e. The van der Waals surface area contributed by atoms with E-state index in [1.165, 1.54) is 0 Å². The molecule has 0 radical (unpaired) electrons. The van der Waals surface area contributed by atoms with Crippen molar-refractivity contribution in [3.8, 4) is 17.1 Å². The molecule has 5 aromatic rings. The lowest BCUT2D eigenvalue weighted by Crippen LogP contribution is -2.22. The summed E-state index contributed by atoms with van der Waals surface area (Å²) in [6.07, 6.45) is 1.93. The Morgan fingerprint density at radius 1 is 0.846 bits per heavy atom. The minimum absolute atomic E-state index is 0.435. The molecule has 0 bridgehead atoms. The number of fused-ring (bicyclic) bond motifs is 2. The quantitative estimate of drug-likeness (QED) is 0.484. The molecular formula is C22H16N4.